The van der Waals surface area contributed by atoms with Crippen LogP contribution in [0.15, 0.2) is 16.0 Å². The van der Waals surface area contributed by atoms with Crippen molar-refractivity contribution in [3.8, 4) is 0 Å². The van der Waals surface area contributed by atoms with E-state index < -0.39 is 6.10 Å². The maximum absolute atomic E-state index is 11.3. The van der Waals surface area contributed by atoms with Crippen LogP contribution in [0.5, 0.6) is 0 Å². The number of hydrogen-bond donors (Lipinski definition) is 2. The van der Waals surface area contributed by atoms with Crippen LogP contribution in [0.25, 0.3) is 0 Å². The molecular weight excluding hydrogens is 212 g/mol. The number of nitrogens with one attached hydrogen (secondary N) is 1. The zero-order valence-corrected chi connectivity index (χ0v) is 9.80. The zero-order chi connectivity index (χ0) is 11.3. The van der Waals surface area contributed by atoms with Crippen molar-refractivity contribution in [3.05, 3.63) is 22.1 Å². The number of aliphatic hydroxyl groups excluding tert-OH is 1. The predicted molar refractivity (Wildman–Crippen MR) is 61.3 cm³/mol. The average Bonchev–Trinajstić information content (AvgIpc) is 2.14. The standard InChI is InChI=1S/C10H16N2O2S/c1-3-4-8-5-9(14)12-10(11-8)15-6-7(2)13/h5,7,13H,3-4,6H2,1-2H3,(H,11,12,14)/t7-/m0/s1. The minimum atomic E-state index is -0.393. The van der Waals surface area contributed by atoms with E-state index >= 15 is 0 Å². The third kappa shape index (κ3) is 4.48. The Morgan fingerprint density at radius 3 is 3.00 bits per heavy atom. The van der Waals surface area contributed by atoms with Gasteiger partial charge in [-0.15, -0.1) is 0 Å². The Labute approximate surface area is 93.1 Å². The lowest BCUT2D eigenvalue weighted by atomic mass is 10.2. The molecule has 0 aliphatic carbocycles. The van der Waals surface area contributed by atoms with Crippen LogP contribution >= 0.6 is 11.8 Å². The SMILES string of the molecule is CCCc1cc(=O)[nH]c(SC[C@H](C)O)n1. The Morgan fingerprint density at radius 2 is 2.40 bits per heavy atom. The molecule has 0 aliphatic rings. The Kier molecular flexibility index (Phi) is 4.84. The molecule has 0 fully saturated rings. The van der Waals surface area contributed by atoms with Crippen LogP contribution in [0, 0.1) is 0 Å². The van der Waals surface area contributed by atoms with Gasteiger partial charge in [0.2, 0.25) is 0 Å². The fraction of sp³-hybridized carbons (Fsp3) is 0.600. The Hall–Kier alpha value is -0.810. The number of nitrogens with zero attached hydrogens (tertiary/aromatic N) is 1. The van der Waals surface area contributed by atoms with E-state index in [2.05, 4.69) is 9.97 Å². The Bertz CT molecular complexity index is 363. The van der Waals surface area contributed by atoms with Crippen LogP contribution in [-0.2, 0) is 6.42 Å². The van der Waals surface area contributed by atoms with E-state index in [-0.39, 0.29) is 5.56 Å². The molecule has 4 nitrogen and oxygen atoms in total. The first-order valence-electron chi connectivity index (χ1n) is 5.03. The van der Waals surface area contributed by atoms with Crippen LogP contribution in [0.4, 0.5) is 0 Å². The first kappa shape index (κ1) is 12.3. The molecule has 5 heteroatoms. The molecule has 1 heterocycles. The molecule has 1 atom stereocenters. The van der Waals surface area contributed by atoms with E-state index in [1.807, 2.05) is 6.92 Å². The van der Waals surface area contributed by atoms with Gasteiger partial charge in [0, 0.05) is 17.5 Å². The van der Waals surface area contributed by atoms with E-state index in [0.29, 0.717) is 10.9 Å². The molecule has 0 aliphatic heterocycles. The molecule has 0 radical (unpaired) electrons. The summed E-state index contributed by atoms with van der Waals surface area (Å²) in [5, 5.41) is 9.70. The molecule has 0 bridgehead atoms. The third-order valence-electron chi connectivity index (χ3n) is 1.74. The summed E-state index contributed by atoms with van der Waals surface area (Å²) in [6, 6.07) is 1.52. The highest BCUT2D eigenvalue weighted by molar-refractivity contribution is 7.99. The van der Waals surface area contributed by atoms with Crippen molar-refractivity contribution in [1.29, 1.82) is 0 Å². The van der Waals surface area contributed by atoms with Gasteiger partial charge in [0.1, 0.15) is 0 Å². The fourth-order valence-corrected chi connectivity index (χ4v) is 1.89. The quantitative estimate of drug-likeness (QED) is 0.587. The van der Waals surface area contributed by atoms with Gasteiger partial charge in [0.15, 0.2) is 5.16 Å². The molecule has 84 valence electrons. The van der Waals surface area contributed by atoms with Crippen LogP contribution in [0.2, 0.25) is 0 Å². The summed E-state index contributed by atoms with van der Waals surface area (Å²) in [4.78, 5) is 18.2. The molecule has 1 aromatic rings. The molecule has 0 saturated carbocycles. The Balaban J connectivity index is 2.75. The number of H-pyrrole nitrogens is 1. The van der Waals surface area contributed by atoms with Gasteiger partial charge < -0.3 is 10.1 Å². The normalized spacial score (nSPS) is 12.7. The average molecular weight is 228 g/mol. The highest BCUT2D eigenvalue weighted by Gasteiger charge is 2.03. The lowest BCUT2D eigenvalue weighted by Crippen LogP contribution is -2.11. The second-order valence-electron chi connectivity index (χ2n) is 3.45. The molecule has 2 N–H and O–H groups in total. The second-order valence-corrected chi connectivity index (χ2v) is 4.46. The van der Waals surface area contributed by atoms with Crippen molar-refractivity contribution < 1.29 is 5.11 Å². The van der Waals surface area contributed by atoms with Gasteiger partial charge in [-0.05, 0) is 13.3 Å². The monoisotopic (exact) mass is 228 g/mol. The number of aliphatic hydroxyl groups is 1. The molecule has 0 aromatic carbocycles. The molecule has 0 spiro atoms. The van der Waals surface area contributed by atoms with Gasteiger partial charge in [-0.3, -0.25) is 4.79 Å². The van der Waals surface area contributed by atoms with E-state index in [1.165, 1.54) is 17.8 Å². The summed E-state index contributed by atoms with van der Waals surface area (Å²) >= 11 is 1.37. The summed E-state index contributed by atoms with van der Waals surface area (Å²) in [7, 11) is 0. The predicted octanol–water partition coefficient (Wildman–Crippen LogP) is 1.20. The van der Waals surface area contributed by atoms with Crippen molar-refractivity contribution >= 4 is 11.8 Å². The van der Waals surface area contributed by atoms with Crippen molar-refractivity contribution in [3.63, 3.8) is 0 Å². The lowest BCUT2D eigenvalue weighted by Gasteiger charge is -2.04. The van der Waals surface area contributed by atoms with Gasteiger partial charge in [0.05, 0.1) is 6.10 Å². The summed E-state index contributed by atoms with van der Waals surface area (Å²) in [6.45, 7) is 3.76. The maximum Gasteiger partial charge on any atom is 0.251 e. The number of aryl methyl sites for hydroxylation is 1. The summed E-state index contributed by atoms with van der Waals surface area (Å²) in [6.07, 6.45) is 1.39. The van der Waals surface area contributed by atoms with Crippen molar-refractivity contribution in [2.75, 3.05) is 5.75 Å². The molecule has 0 unspecified atom stereocenters. The molecule has 0 amide bonds. The summed E-state index contributed by atoms with van der Waals surface area (Å²) in [5.41, 5.74) is 0.691. The largest absolute Gasteiger partial charge is 0.393 e. The van der Waals surface area contributed by atoms with Crippen LogP contribution in [0.3, 0.4) is 0 Å². The Morgan fingerprint density at radius 1 is 1.67 bits per heavy atom. The summed E-state index contributed by atoms with van der Waals surface area (Å²) < 4.78 is 0. The number of thioether (sulfide) groups is 1. The van der Waals surface area contributed by atoms with Crippen LogP contribution in [0.1, 0.15) is 26.0 Å². The van der Waals surface area contributed by atoms with Crippen LogP contribution in [-0.4, -0.2) is 26.9 Å². The highest BCUT2D eigenvalue weighted by Crippen LogP contribution is 2.12. The minimum Gasteiger partial charge on any atom is -0.393 e. The number of hydrogen-bond acceptors (Lipinski definition) is 4. The topological polar surface area (TPSA) is 66.0 Å². The van der Waals surface area contributed by atoms with Crippen molar-refractivity contribution in [2.45, 2.75) is 37.9 Å². The molecule has 1 rings (SSSR count). The van der Waals surface area contributed by atoms with Crippen molar-refractivity contribution in [2.24, 2.45) is 0 Å². The number of aromatic nitrogens is 2. The van der Waals surface area contributed by atoms with Gasteiger partial charge in [-0.2, -0.15) is 0 Å². The third-order valence-corrected chi connectivity index (χ3v) is 2.86. The second kappa shape index (κ2) is 5.92. The summed E-state index contributed by atoms with van der Waals surface area (Å²) in [5.74, 6) is 0.540. The van der Waals surface area contributed by atoms with Gasteiger partial charge >= 0.3 is 0 Å². The van der Waals surface area contributed by atoms with E-state index in [4.69, 9.17) is 5.11 Å². The van der Waals surface area contributed by atoms with E-state index in [1.54, 1.807) is 6.92 Å². The zero-order valence-electron chi connectivity index (χ0n) is 8.99. The smallest absolute Gasteiger partial charge is 0.251 e. The molecule has 15 heavy (non-hydrogen) atoms. The maximum atomic E-state index is 11.3. The number of rotatable bonds is 5. The molecular formula is C10H16N2O2S. The first-order valence-corrected chi connectivity index (χ1v) is 6.01. The first-order chi connectivity index (χ1) is 7.11. The van der Waals surface area contributed by atoms with Gasteiger partial charge in [-0.1, -0.05) is 25.1 Å². The lowest BCUT2D eigenvalue weighted by molar-refractivity contribution is 0.220. The van der Waals surface area contributed by atoms with E-state index in [9.17, 15) is 4.79 Å². The molecule has 1 aromatic heterocycles. The van der Waals surface area contributed by atoms with Crippen LogP contribution < -0.4 is 5.56 Å². The highest BCUT2D eigenvalue weighted by atomic mass is 32.2. The van der Waals surface area contributed by atoms with Gasteiger partial charge in [-0.25, -0.2) is 4.98 Å². The number of aromatic amines is 1. The van der Waals surface area contributed by atoms with E-state index in [0.717, 1.165) is 18.5 Å². The van der Waals surface area contributed by atoms with Gasteiger partial charge in [0.25, 0.3) is 5.56 Å². The molecule has 0 saturated heterocycles. The fourth-order valence-electron chi connectivity index (χ4n) is 1.14. The minimum absolute atomic E-state index is 0.124. The van der Waals surface area contributed by atoms with Crippen molar-refractivity contribution in [1.82, 2.24) is 9.97 Å².